The zero-order valence-electron chi connectivity index (χ0n) is 10.5. The van der Waals surface area contributed by atoms with E-state index >= 15 is 0 Å². The largest absolute Gasteiger partial charge is 0.260 e. The standard InChI is InChI=1S/C13H14N2O2S2/c1-11-2-4-12(5-3-11)19(16,17)9-8-18-13-10-14-6-7-15-13/h2-7,10H,8-9H2,1H3. The van der Waals surface area contributed by atoms with Crippen molar-refractivity contribution >= 4 is 21.6 Å². The summed E-state index contributed by atoms with van der Waals surface area (Å²) in [4.78, 5) is 8.40. The Morgan fingerprint density at radius 3 is 2.53 bits per heavy atom. The molecule has 1 aromatic carbocycles. The van der Waals surface area contributed by atoms with Crippen LogP contribution in [0.25, 0.3) is 0 Å². The number of benzene rings is 1. The minimum atomic E-state index is -3.22. The maximum Gasteiger partial charge on any atom is 0.179 e. The van der Waals surface area contributed by atoms with E-state index in [9.17, 15) is 8.42 Å². The van der Waals surface area contributed by atoms with E-state index in [-0.39, 0.29) is 5.75 Å². The molecule has 19 heavy (non-hydrogen) atoms. The molecule has 0 atom stereocenters. The first kappa shape index (κ1) is 14.0. The Kier molecular flexibility index (Phi) is 4.55. The minimum Gasteiger partial charge on any atom is -0.260 e. The molecular weight excluding hydrogens is 280 g/mol. The van der Waals surface area contributed by atoms with Gasteiger partial charge in [0.25, 0.3) is 0 Å². The summed E-state index contributed by atoms with van der Waals surface area (Å²) in [5.74, 6) is 0.562. The highest BCUT2D eigenvalue weighted by atomic mass is 32.2. The molecule has 0 aliphatic heterocycles. The number of hydrogen-bond donors (Lipinski definition) is 0. The monoisotopic (exact) mass is 294 g/mol. The van der Waals surface area contributed by atoms with Crippen LogP contribution in [-0.2, 0) is 9.84 Å². The third-order valence-corrected chi connectivity index (χ3v) is 5.43. The number of sulfone groups is 1. The summed E-state index contributed by atoms with van der Waals surface area (Å²) in [6.45, 7) is 1.93. The summed E-state index contributed by atoms with van der Waals surface area (Å²) in [5.41, 5.74) is 1.05. The highest BCUT2D eigenvalue weighted by Gasteiger charge is 2.14. The van der Waals surface area contributed by atoms with Crippen LogP contribution >= 0.6 is 11.8 Å². The summed E-state index contributed by atoms with van der Waals surface area (Å²) < 4.78 is 24.2. The number of thioether (sulfide) groups is 1. The maximum atomic E-state index is 12.1. The third-order valence-electron chi connectivity index (χ3n) is 2.52. The van der Waals surface area contributed by atoms with Gasteiger partial charge < -0.3 is 0 Å². The first-order valence-corrected chi connectivity index (χ1v) is 8.40. The lowest BCUT2D eigenvalue weighted by Crippen LogP contribution is -2.08. The van der Waals surface area contributed by atoms with Crippen molar-refractivity contribution in [2.45, 2.75) is 16.8 Å². The molecule has 100 valence electrons. The third kappa shape index (κ3) is 4.04. The van der Waals surface area contributed by atoms with Crippen molar-refractivity contribution in [1.29, 1.82) is 0 Å². The highest BCUT2D eigenvalue weighted by Crippen LogP contribution is 2.17. The van der Waals surface area contributed by atoms with Crippen molar-refractivity contribution in [3.63, 3.8) is 0 Å². The average molecular weight is 294 g/mol. The van der Waals surface area contributed by atoms with Crippen molar-refractivity contribution in [3.05, 3.63) is 48.4 Å². The Hall–Kier alpha value is -1.40. The Morgan fingerprint density at radius 2 is 1.89 bits per heavy atom. The molecule has 6 heteroatoms. The second-order valence-electron chi connectivity index (χ2n) is 4.02. The SMILES string of the molecule is Cc1ccc(S(=O)(=O)CCSc2cnccn2)cc1. The molecule has 1 heterocycles. The molecule has 4 nitrogen and oxygen atoms in total. The van der Waals surface area contributed by atoms with Gasteiger partial charge >= 0.3 is 0 Å². The Labute approximate surface area is 117 Å². The summed E-state index contributed by atoms with van der Waals surface area (Å²) in [6, 6.07) is 6.92. The van der Waals surface area contributed by atoms with Gasteiger partial charge in [0.15, 0.2) is 9.84 Å². The molecule has 0 aliphatic rings. The lowest BCUT2D eigenvalue weighted by Gasteiger charge is -2.04. The molecule has 0 fully saturated rings. The van der Waals surface area contributed by atoms with Gasteiger partial charge in [0, 0.05) is 18.1 Å². The quantitative estimate of drug-likeness (QED) is 0.792. The smallest absolute Gasteiger partial charge is 0.179 e. The van der Waals surface area contributed by atoms with Crippen molar-refractivity contribution in [3.8, 4) is 0 Å². The predicted octanol–water partition coefficient (Wildman–Crippen LogP) is 2.35. The van der Waals surface area contributed by atoms with Gasteiger partial charge in [0.2, 0.25) is 0 Å². The highest BCUT2D eigenvalue weighted by molar-refractivity contribution is 8.00. The lowest BCUT2D eigenvalue weighted by atomic mass is 10.2. The van der Waals surface area contributed by atoms with Crippen LogP contribution in [0.5, 0.6) is 0 Å². The molecule has 0 N–H and O–H groups in total. The Morgan fingerprint density at radius 1 is 1.16 bits per heavy atom. The van der Waals surface area contributed by atoms with Gasteiger partial charge in [-0.1, -0.05) is 17.7 Å². The summed E-state index contributed by atoms with van der Waals surface area (Å²) in [7, 11) is -3.22. The van der Waals surface area contributed by atoms with Crippen LogP contribution in [0.3, 0.4) is 0 Å². The molecule has 0 amide bonds. The second kappa shape index (κ2) is 6.16. The van der Waals surface area contributed by atoms with Crippen LogP contribution in [0, 0.1) is 6.92 Å². The van der Waals surface area contributed by atoms with Crippen LogP contribution in [0.15, 0.2) is 52.8 Å². The van der Waals surface area contributed by atoms with E-state index in [1.54, 1.807) is 30.7 Å². The fraction of sp³-hybridized carbons (Fsp3) is 0.231. The van der Waals surface area contributed by atoms with E-state index in [0.717, 1.165) is 10.6 Å². The molecule has 0 saturated carbocycles. The van der Waals surface area contributed by atoms with E-state index < -0.39 is 9.84 Å². The molecule has 0 aliphatic carbocycles. The Balaban J connectivity index is 1.97. The molecule has 0 unspecified atom stereocenters. The Bertz CT molecular complexity index is 625. The van der Waals surface area contributed by atoms with Crippen LogP contribution in [-0.4, -0.2) is 29.9 Å². The number of aryl methyl sites for hydroxylation is 1. The predicted molar refractivity (Wildman–Crippen MR) is 76.0 cm³/mol. The summed E-state index contributed by atoms with van der Waals surface area (Å²) >= 11 is 1.39. The first-order chi connectivity index (χ1) is 9.08. The fourth-order valence-electron chi connectivity index (χ4n) is 1.48. The average Bonchev–Trinajstić information content (AvgIpc) is 2.40. The number of rotatable bonds is 5. The van der Waals surface area contributed by atoms with Crippen LogP contribution in [0.4, 0.5) is 0 Å². The molecule has 0 spiro atoms. The molecule has 0 bridgehead atoms. The molecule has 2 rings (SSSR count). The number of nitrogens with zero attached hydrogens (tertiary/aromatic N) is 2. The van der Waals surface area contributed by atoms with Crippen LogP contribution in [0.2, 0.25) is 0 Å². The van der Waals surface area contributed by atoms with E-state index in [1.165, 1.54) is 11.8 Å². The van der Waals surface area contributed by atoms with Gasteiger partial charge in [-0.25, -0.2) is 13.4 Å². The van der Waals surface area contributed by atoms with Crippen molar-refractivity contribution < 1.29 is 8.42 Å². The van der Waals surface area contributed by atoms with Crippen molar-refractivity contribution in [1.82, 2.24) is 9.97 Å². The van der Waals surface area contributed by atoms with E-state index in [4.69, 9.17) is 0 Å². The topological polar surface area (TPSA) is 59.9 Å². The molecule has 0 radical (unpaired) electrons. The zero-order valence-corrected chi connectivity index (χ0v) is 12.1. The molecule has 0 saturated heterocycles. The van der Waals surface area contributed by atoms with Crippen LogP contribution < -0.4 is 0 Å². The number of aromatic nitrogens is 2. The summed E-state index contributed by atoms with van der Waals surface area (Å²) in [5, 5.41) is 0.738. The first-order valence-electron chi connectivity index (χ1n) is 5.76. The van der Waals surface area contributed by atoms with Gasteiger partial charge in [-0.15, -0.1) is 11.8 Å². The normalized spacial score (nSPS) is 11.4. The van der Waals surface area contributed by atoms with Gasteiger partial charge in [-0.05, 0) is 19.1 Å². The van der Waals surface area contributed by atoms with Gasteiger partial charge in [-0.2, -0.15) is 0 Å². The van der Waals surface area contributed by atoms with Crippen LogP contribution in [0.1, 0.15) is 5.56 Å². The molecule has 2 aromatic rings. The number of hydrogen-bond acceptors (Lipinski definition) is 5. The van der Waals surface area contributed by atoms with Gasteiger partial charge in [0.1, 0.15) is 5.03 Å². The second-order valence-corrected chi connectivity index (χ2v) is 7.25. The van der Waals surface area contributed by atoms with Gasteiger partial charge in [0.05, 0.1) is 16.8 Å². The maximum absolute atomic E-state index is 12.1. The lowest BCUT2D eigenvalue weighted by molar-refractivity contribution is 0.597. The minimum absolute atomic E-state index is 0.0945. The fourth-order valence-corrected chi connectivity index (χ4v) is 3.96. The zero-order chi connectivity index (χ0) is 13.7. The van der Waals surface area contributed by atoms with Crippen molar-refractivity contribution in [2.24, 2.45) is 0 Å². The molecule has 1 aromatic heterocycles. The van der Waals surface area contributed by atoms with Crippen molar-refractivity contribution in [2.75, 3.05) is 11.5 Å². The van der Waals surface area contributed by atoms with E-state index in [2.05, 4.69) is 9.97 Å². The van der Waals surface area contributed by atoms with Gasteiger partial charge in [-0.3, -0.25) is 4.98 Å². The molecular formula is C13H14N2O2S2. The summed E-state index contributed by atoms with van der Waals surface area (Å²) in [6.07, 6.45) is 4.81. The van der Waals surface area contributed by atoms with E-state index in [0.29, 0.717) is 10.6 Å². The van der Waals surface area contributed by atoms with E-state index in [1.807, 2.05) is 19.1 Å².